The lowest BCUT2D eigenvalue weighted by Crippen LogP contribution is -2.62. The molecule has 4 aromatic carbocycles. The van der Waals surface area contributed by atoms with Gasteiger partial charge in [0.05, 0.1) is 20.3 Å². The fraction of sp³-hybridized carbons (Fsp3) is 0.370. The van der Waals surface area contributed by atoms with Crippen molar-refractivity contribution in [2.24, 2.45) is 0 Å². The third kappa shape index (κ3) is 15.4. The van der Waals surface area contributed by atoms with E-state index >= 15 is 0 Å². The van der Waals surface area contributed by atoms with Crippen LogP contribution in [0.25, 0.3) is 0 Å². The summed E-state index contributed by atoms with van der Waals surface area (Å²) in [6, 6.07) is 29.5. The molecule has 2 fully saturated rings. The minimum absolute atomic E-state index is 0.264. The average Bonchev–Trinajstić information content (AvgIpc) is 3.82. The fourth-order valence-electron chi connectivity index (χ4n) is 7.43. The van der Waals surface area contributed by atoms with Gasteiger partial charge in [0, 0.05) is 100.0 Å². The van der Waals surface area contributed by atoms with Crippen molar-refractivity contribution in [3.8, 4) is 23.7 Å². The monoisotopic (exact) mass is 954 g/mol. The molecule has 0 aliphatic carbocycles. The molecule has 2 aliphatic heterocycles. The van der Waals surface area contributed by atoms with Gasteiger partial charge >= 0.3 is 5.97 Å². The van der Waals surface area contributed by atoms with Crippen LogP contribution < -0.4 is 21.3 Å². The molecule has 16 nitrogen and oxygen atoms in total. The molecule has 368 valence electrons. The molecule has 6 rings (SSSR count). The topological polar surface area (TPSA) is 205 Å². The van der Waals surface area contributed by atoms with Crippen LogP contribution in [-0.4, -0.2) is 142 Å². The lowest BCUT2D eigenvalue weighted by molar-refractivity contribution is -0.152. The second-order valence-corrected chi connectivity index (χ2v) is 16.9. The quantitative estimate of drug-likeness (QED) is 0.0747. The number of likely N-dealkylation sites (N-methyl/N-ethyl adjacent to an activating group) is 2. The fourth-order valence-corrected chi connectivity index (χ4v) is 7.43. The van der Waals surface area contributed by atoms with E-state index in [4.69, 9.17) is 9.47 Å². The molecule has 2 aliphatic rings. The van der Waals surface area contributed by atoms with E-state index in [0.29, 0.717) is 0 Å². The molecule has 0 bridgehead atoms. The molecule has 2 saturated heterocycles. The lowest BCUT2D eigenvalue weighted by Gasteiger charge is -2.26. The van der Waals surface area contributed by atoms with Gasteiger partial charge in [-0.05, 0) is 111 Å². The highest BCUT2D eigenvalue weighted by Crippen LogP contribution is 2.15. The number of carbonyl (C=O) groups excluding carboxylic acids is 6. The number of ether oxygens (including phenoxy) is 3. The highest BCUT2D eigenvalue weighted by Gasteiger charge is 2.44. The van der Waals surface area contributed by atoms with E-state index in [1.54, 1.807) is 48.5 Å². The smallest absolute Gasteiger partial charge is 0.341 e. The zero-order valence-electron chi connectivity index (χ0n) is 40.4. The van der Waals surface area contributed by atoms with Crippen molar-refractivity contribution in [3.05, 3.63) is 142 Å². The molecule has 4 amide bonds. The number of nitrogens with zero attached hydrogens (tertiary/aromatic N) is 2. The molecular formula is C54H62N6O10. The van der Waals surface area contributed by atoms with E-state index in [9.17, 15) is 33.9 Å². The Hall–Kier alpha value is -7.18. The van der Waals surface area contributed by atoms with Crippen molar-refractivity contribution in [3.63, 3.8) is 0 Å². The van der Waals surface area contributed by atoms with E-state index in [-0.39, 0.29) is 11.1 Å². The number of rotatable bonds is 13. The molecule has 2 heterocycles. The maximum Gasteiger partial charge on any atom is 0.341 e. The van der Waals surface area contributed by atoms with Gasteiger partial charge in [-0.3, -0.25) is 33.8 Å². The zero-order valence-corrected chi connectivity index (χ0v) is 40.4. The minimum atomic E-state index is -1.87. The molecule has 0 spiro atoms. The second-order valence-electron chi connectivity index (χ2n) is 16.9. The van der Waals surface area contributed by atoms with Crippen LogP contribution >= 0.6 is 0 Å². The van der Waals surface area contributed by atoms with Gasteiger partial charge in [0.2, 0.25) is 5.54 Å². The van der Waals surface area contributed by atoms with Gasteiger partial charge in [0.15, 0.2) is 11.3 Å². The van der Waals surface area contributed by atoms with Crippen LogP contribution in [0.4, 0.5) is 0 Å². The Morgan fingerprint density at radius 3 is 1.27 bits per heavy atom. The van der Waals surface area contributed by atoms with Gasteiger partial charge in [-0.2, -0.15) is 0 Å². The van der Waals surface area contributed by atoms with Crippen molar-refractivity contribution >= 4 is 35.4 Å². The number of Topliss-reactive ketones (excluding diaryl/α,β-unsaturated/α-hetero) is 1. The normalized spacial score (nSPS) is 15.6. The van der Waals surface area contributed by atoms with Crippen molar-refractivity contribution in [1.29, 1.82) is 0 Å². The summed E-state index contributed by atoms with van der Waals surface area (Å²) in [6.07, 6.45) is 2.11. The first-order valence-corrected chi connectivity index (χ1v) is 23.1. The average molecular weight is 955 g/mol. The van der Waals surface area contributed by atoms with Crippen LogP contribution in [-0.2, 0) is 46.5 Å². The Morgan fingerprint density at radius 2 is 0.914 bits per heavy atom. The van der Waals surface area contributed by atoms with Crippen LogP contribution in [0, 0.1) is 23.7 Å². The number of hydrogen-bond donors (Lipinski definition) is 5. The Labute approximate surface area is 409 Å². The number of aliphatic hydroxyl groups is 1. The summed E-state index contributed by atoms with van der Waals surface area (Å²) in [6.45, 7) is 10.7. The van der Waals surface area contributed by atoms with Crippen LogP contribution in [0.1, 0.15) is 80.8 Å². The molecule has 16 heteroatoms. The van der Waals surface area contributed by atoms with Crippen LogP contribution in [0.3, 0.4) is 0 Å². The summed E-state index contributed by atoms with van der Waals surface area (Å²) < 4.78 is 15.7. The van der Waals surface area contributed by atoms with Gasteiger partial charge in [-0.15, -0.1) is 0 Å². The number of nitrogens with one attached hydrogen (secondary N) is 4. The Balaban J connectivity index is 0.000000261. The number of carbonyl (C=O) groups is 6. The predicted molar refractivity (Wildman–Crippen MR) is 263 cm³/mol. The largest absolute Gasteiger partial charge is 0.467 e. The first kappa shape index (κ1) is 53.8. The molecule has 0 saturated carbocycles. The number of ketones is 1. The van der Waals surface area contributed by atoms with Crippen molar-refractivity contribution in [2.75, 3.05) is 80.4 Å². The molecule has 70 heavy (non-hydrogen) atoms. The Bertz CT molecular complexity index is 2330. The molecule has 2 atom stereocenters. The van der Waals surface area contributed by atoms with E-state index in [1.165, 1.54) is 39.1 Å². The van der Waals surface area contributed by atoms with Gasteiger partial charge in [-0.25, -0.2) is 4.79 Å². The maximum absolute atomic E-state index is 12.6. The zero-order chi connectivity index (χ0) is 50.5. The third-order valence-electron chi connectivity index (χ3n) is 11.7. The Kier molecular flexibility index (Phi) is 20.4. The summed E-state index contributed by atoms with van der Waals surface area (Å²) in [5.74, 6) is 8.20. The number of aliphatic hydroxyl groups excluding tert-OH is 1. The SMILES string of the molecule is CNC(=O)C(C)(NC(=O)c1ccc(C#Cc2ccc(CN3CCCOCC3)cc2)cc1)C(=O)CO.CNC(=O)C(C)(NC(=O)c1ccc(C#Cc2ccc(CN3CCCOCC3)cc2)cc1)C(=O)OC. The number of amides is 4. The standard InChI is InChI=1S/2C27H31N3O5/c1-27(25(32)28-2,26(33)34-3)29-24(31)23-13-11-21(12-14-23)6-5-20-7-9-22(10-8-20)19-30-15-4-17-35-18-16-30;1-27(24(32)19-31,26(34)28-2)29-25(33)23-12-10-21(11-13-23)5-4-20-6-8-22(9-7-20)18-30-14-3-16-35-17-15-30/h7-14H,4,15-19H2,1-3H3,(H,28,32)(H,29,31);6-13,31H,3,14-19H2,1-2H3,(H,28,34)(H,29,33). The van der Waals surface area contributed by atoms with Gasteiger partial charge in [-0.1, -0.05) is 47.9 Å². The molecule has 2 unspecified atom stereocenters. The van der Waals surface area contributed by atoms with E-state index in [1.807, 2.05) is 24.3 Å². The highest BCUT2D eigenvalue weighted by atomic mass is 16.5. The van der Waals surface area contributed by atoms with Crippen LogP contribution in [0.5, 0.6) is 0 Å². The number of hydrogen-bond acceptors (Lipinski definition) is 12. The van der Waals surface area contributed by atoms with Gasteiger partial charge in [0.1, 0.15) is 6.61 Å². The molecular weight excluding hydrogens is 893 g/mol. The minimum Gasteiger partial charge on any atom is -0.467 e. The number of benzene rings is 4. The highest BCUT2D eigenvalue weighted by molar-refractivity contribution is 6.14. The van der Waals surface area contributed by atoms with Gasteiger partial charge < -0.3 is 40.6 Å². The predicted octanol–water partition coefficient (Wildman–Crippen LogP) is 2.82. The summed E-state index contributed by atoms with van der Waals surface area (Å²) >= 11 is 0. The third-order valence-corrected chi connectivity index (χ3v) is 11.7. The molecule has 5 N–H and O–H groups in total. The number of esters is 1. The van der Waals surface area contributed by atoms with E-state index < -0.39 is 53.1 Å². The van der Waals surface area contributed by atoms with E-state index in [0.717, 1.165) is 108 Å². The van der Waals surface area contributed by atoms with E-state index in [2.05, 4.69) is 83.8 Å². The van der Waals surface area contributed by atoms with Gasteiger partial charge in [0.25, 0.3) is 23.6 Å². The lowest BCUT2D eigenvalue weighted by atomic mass is 9.94. The molecule has 4 aromatic rings. The van der Waals surface area contributed by atoms with Crippen molar-refractivity contribution < 1.29 is 48.1 Å². The molecule has 0 aromatic heterocycles. The maximum atomic E-state index is 12.6. The molecule has 0 radical (unpaired) electrons. The second kappa shape index (κ2) is 26.5. The first-order chi connectivity index (χ1) is 33.7. The van der Waals surface area contributed by atoms with Crippen LogP contribution in [0.2, 0.25) is 0 Å². The first-order valence-electron chi connectivity index (χ1n) is 23.1. The summed E-state index contributed by atoms with van der Waals surface area (Å²) in [4.78, 5) is 78.5. The van der Waals surface area contributed by atoms with Crippen LogP contribution in [0.15, 0.2) is 97.1 Å². The van der Waals surface area contributed by atoms with Crippen molar-refractivity contribution in [1.82, 2.24) is 31.1 Å². The Morgan fingerprint density at radius 1 is 0.557 bits per heavy atom. The number of methoxy groups -OCH3 is 1. The summed E-state index contributed by atoms with van der Waals surface area (Å²) in [5.41, 5.74) is 2.55. The summed E-state index contributed by atoms with van der Waals surface area (Å²) in [7, 11) is 3.88. The summed E-state index contributed by atoms with van der Waals surface area (Å²) in [5, 5.41) is 18.8. The van der Waals surface area contributed by atoms with Crippen molar-refractivity contribution in [2.45, 2.75) is 50.9 Å².